The predicted octanol–water partition coefficient (Wildman–Crippen LogP) is 20.3. The molecule has 6 nitrogen and oxygen atoms in total. The second-order valence-corrected chi connectivity index (χ2v) is 22.8. The van der Waals surface area contributed by atoms with Gasteiger partial charge in [0.15, 0.2) is 6.10 Å². The van der Waals surface area contributed by atoms with Gasteiger partial charge in [0, 0.05) is 19.3 Å². The fraction of sp³-hybridized carbons (Fsp3) is 0.952. The van der Waals surface area contributed by atoms with Crippen LogP contribution in [0.3, 0.4) is 0 Å². The van der Waals surface area contributed by atoms with Crippen LogP contribution < -0.4 is 0 Å². The summed E-state index contributed by atoms with van der Waals surface area (Å²) < 4.78 is 16.9. The van der Waals surface area contributed by atoms with E-state index in [0.29, 0.717) is 19.3 Å². The molecule has 0 aliphatic rings. The van der Waals surface area contributed by atoms with Crippen LogP contribution in [0.25, 0.3) is 0 Å². The van der Waals surface area contributed by atoms with E-state index in [4.69, 9.17) is 14.2 Å². The zero-order valence-electron chi connectivity index (χ0n) is 46.9. The van der Waals surface area contributed by atoms with Crippen molar-refractivity contribution in [3.8, 4) is 0 Å². The van der Waals surface area contributed by atoms with Crippen molar-refractivity contribution in [2.45, 2.75) is 349 Å². The molecule has 0 aliphatic heterocycles. The van der Waals surface area contributed by atoms with E-state index < -0.39 is 6.10 Å². The second kappa shape index (κ2) is 53.2. The number of carbonyl (C=O) groups is 3. The Labute approximate surface area is 425 Å². The molecule has 0 N–H and O–H groups in total. The van der Waals surface area contributed by atoms with E-state index in [2.05, 4.69) is 41.5 Å². The molecule has 404 valence electrons. The Morgan fingerprint density at radius 2 is 0.426 bits per heavy atom. The van der Waals surface area contributed by atoms with Crippen molar-refractivity contribution in [2.24, 2.45) is 17.8 Å². The van der Waals surface area contributed by atoms with Crippen molar-refractivity contribution < 1.29 is 28.6 Å². The average Bonchev–Trinajstić information content (AvgIpc) is 3.30. The molecular formula is C62H120O6. The summed E-state index contributed by atoms with van der Waals surface area (Å²) in [6.45, 7) is 13.8. The molecule has 0 aromatic rings. The number of unbranched alkanes of at least 4 members (excludes halogenated alkanes) is 38. The third-order valence-electron chi connectivity index (χ3n) is 14.1. The molecule has 0 fully saturated rings. The molecular weight excluding hydrogens is 841 g/mol. The minimum Gasteiger partial charge on any atom is -0.462 e. The molecule has 0 heterocycles. The topological polar surface area (TPSA) is 78.9 Å². The molecule has 0 aromatic carbocycles. The largest absolute Gasteiger partial charge is 0.462 e. The van der Waals surface area contributed by atoms with Gasteiger partial charge in [-0.3, -0.25) is 14.4 Å². The minimum atomic E-state index is -0.764. The van der Waals surface area contributed by atoms with Crippen molar-refractivity contribution in [3.63, 3.8) is 0 Å². The van der Waals surface area contributed by atoms with Gasteiger partial charge < -0.3 is 14.2 Å². The van der Waals surface area contributed by atoms with Gasteiger partial charge in [-0.1, -0.05) is 305 Å². The molecule has 0 amide bonds. The Balaban J connectivity index is 4.29. The summed E-state index contributed by atoms with van der Waals surface area (Å²) >= 11 is 0. The Kier molecular flexibility index (Phi) is 52.0. The molecule has 0 unspecified atom stereocenters. The molecule has 6 heteroatoms. The van der Waals surface area contributed by atoms with Crippen molar-refractivity contribution in [3.05, 3.63) is 0 Å². The molecule has 0 saturated carbocycles. The maximum atomic E-state index is 12.9. The monoisotopic (exact) mass is 961 g/mol. The van der Waals surface area contributed by atoms with Gasteiger partial charge in [-0.05, 0) is 37.0 Å². The van der Waals surface area contributed by atoms with Crippen LogP contribution in [0.5, 0.6) is 0 Å². The summed E-state index contributed by atoms with van der Waals surface area (Å²) in [4.78, 5) is 38.2. The number of hydrogen-bond acceptors (Lipinski definition) is 6. The predicted molar refractivity (Wildman–Crippen MR) is 293 cm³/mol. The van der Waals surface area contributed by atoms with Gasteiger partial charge in [-0.25, -0.2) is 0 Å². The average molecular weight is 962 g/mol. The van der Waals surface area contributed by atoms with Gasteiger partial charge in [0.2, 0.25) is 0 Å². The van der Waals surface area contributed by atoms with Crippen molar-refractivity contribution >= 4 is 17.9 Å². The molecule has 0 bridgehead atoms. The van der Waals surface area contributed by atoms with Crippen molar-refractivity contribution in [2.75, 3.05) is 13.2 Å². The SMILES string of the molecule is CC(C)CCCCCCCCCCCCCCCCCC(=O)OC[C@@H](COC(=O)CCCCCCCCCCCCCCCCC(C)C)OC(=O)CCCCCCCCCCCCCCC(C)C. The third-order valence-corrected chi connectivity index (χ3v) is 14.1. The number of rotatable bonds is 55. The Morgan fingerprint density at radius 3 is 0.632 bits per heavy atom. The van der Waals surface area contributed by atoms with Gasteiger partial charge in [-0.2, -0.15) is 0 Å². The van der Waals surface area contributed by atoms with Crippen LogP contribution in [0, 0.1) is 17.8 Å². The maximum absolute atomic E-state index is 12.9. The highest BCUT2D eigenvalue weighted by molar-refractivity contribution is 5.71. The lowest BCUT2D eigenvalue weighted by atomic mass is 10.0. The Morgan fingerprint density at radius 1 is 0.250 bits per heavy atom. The summed E-state index contributed by atoms with van der Waals surface area (Å²) in [6, 6.07) is 0. The van der Waals surface area contributed by atoms with E-state index in [1.807, 2.05) is 0 Å². The molecule has 0 radical (unpaired) electrons. The number of esters is 3. The van der Waals surface area contributed by atoms with Crippen LogP contribution in [0.15, 0.2) is 0 Å². The lowest BCUT2D eigenvalue weighted by Crippen LogP contribution is -2.30. The van der Waals surface area contributed by atoms with Gasteiger partial charge in [0.1, 0.15) is 13.2 Å². The summed E-state index contributed by atoms with van der Waals surface area (Å²) in [7, 11) is 0. The quantitative estimate of drug-likeness (QED) is 0.0343. The third kappa shape index (κ3) is 55.3. The van der Waals surface area contributed by atoms with E-state index in [1.54, 1.807) is 0 Å². The van der Waals surface area contributed by atoms with Crippen LogP contribution in [0.1, 0.15) is 343 Å². The second-order valence-electron chi connectivity index (χ2n) is 22.8. The van der Waals surface area contributed by atoms with Crippen LogP contribution in [-0.2, 0) is 28.6 Å². The van der Waals surface area contributed by atoms with Gasteiger partial charge in [-0.15, -0.1) is 0 Å². The number of ether oxygens (including phenoxy) is 3. The van der Waals surface area contributed by atoms with Gasteiger partial charge >= 0.3 is 17.9 Å². The summed E-state index contributed by atoms with van der Waals surface area (Å²) in [6.07, 6.45) is 56.7. The molecule has 0 spiro atoms. The van der Waals surface area contributed by atoms with Crippen LogP contribution >= 0.6 is 0 Å². The highest BCUT2D eigenvalue weighted by Crippen LogP contribution is 2.19. The van der Waals surface area contributed by atoms with Crippen molar-refractivity contribution in [1.82, 2.24) is 0 Å². The molecule has 0 rings (SSSR count). The first-order chi connectivity index (χ1) is 33.1. The first kappa shape index (κ1) is 66.4. The molecule has 1 atom stereocenters. The Hall–Kier alpha value is -1.59. The van der Waals surface area contributed by atoms with E-state index in [1.165, 1.54) is 225 Å². The van der Waals surface area contributed by atoms with E-state index in [9.17, 15) is 14.4 Å². The summed E-state index contributed by atoms with van der Waals surface area (Å²) in [5.41, 5.74) is 0. The van der Waals surface area contributed by atoms with Gasteiger partial charge in [0.25, 0.3) is 0 Å². The van der Waals surface area contributed by atoms with Crippen LogP contribution in [0.4, 0.5) is 0 Å². The van der Waals surface area contributed by atoms with Crippen LogP contribution in [0.2, 0.25) is 0 Å². The van der Waals surface area contributed by atoms with E-state index >= 15 is 0 Å². The lowest BCUT2D eigenvalue weighted by molar-refractivity contribution is -0.167. The van der Waals surface area contributed by atoms with E-state index in [-0.39, 0.29) is 31.1 Å². The smallest absolute Gasteiger partial charge is 0.306 e. The molecule has 0 aromatic heterocycles. The summed E-state index contributed by atoms with van der Waals surface area (Å²) in [5.74, 6) is 1.69. The molecule has 0 saturated heterocycles. The molecule has 0 aliphatic carbocycles. The first-order valence-corrected chi connectivity index (χ1v) is 30.6. The van der Waals surface area contributed by atoms with Crippen LogP contribution in [-0.4, -0.2) is 37.2 Å². The summed E-state index contributed by atoms with van der Waals surface area (Å²) in [5, 5.41) is 0. The zero-order chi connectivity index (χ0) is 49.8. The Bertz CT molecular complexity index is 1050. The van der Waals surface area contributed by atoms with Crippen molar-refractivity contribution in [1.29, 1.82) is 0 Å². The highest BCUT2D eigenvalue weighted by Gasteiger charge is 2.19. The van der Waals surface area contributed by atoms with E-state index in [0.717, 1.165) is 75.5 Å². The number of hydrogen-bond donors (Lipinski definition) is 0. The van der Waals surface area contributed by atoms with Gasteiger partial charge in [0.05, 0.1) is 0 Å². The number of carbonyl (C=O) groups excluding carboxylic acids is 3. The first-order valence-electron chi connectivity index (χ1n) is 30.6. The maximum Gasteiger partial charge on any atom is 0.306 e. The fourth-order valence-corrected chi connectivity index (χ4v) is 9.53. The highest BCUT2D eigenvalue weighted by atomic mass is 16.6. The molecule has 68 heavy (non-hydrogen) atoms. The normalized spacial score (nSPS) is 12.1. The minimum absolute atomic E-state index is 0.0630. The standard InChI is InChI=1S/C62H120O6/c1-56(2)48-42-36-30-24-18-12-8-7-9-14-21-27-33-39-45-51-60(63)66-54-59(68-62(65)53-47-41-35-29-23-17-16-20-26-32-38-44-50-58(5)6)55-67-61(64)52-46-40-34-28-22-15-11-10-13-19-25-31-37-43-49-57(3)4/h56-59H,7-55H2,1-6H3/t59-/m0/s1. The lowest BCUT2D eigenvalue weighted by Gasteiger charge is -2.18. The zero-order valence-corrected chi connectivity index (χ0v) is 46.9. The fourth-order valence-electron chi connectivity index (χ4n) is 9.53.